The maximum atomic E-state index is 12.5. The summed E-state index contributed by atoms with van der Waals surface area (Å²) in [6.07, 6.45) is 2.94. The summed E-state index contributed by atoms with van der Waals surface area (Å²) in [5, 5.41) is 3.13. The molecule has 2 fully saturated rings. The van der Waals surface area contributed by atoms with Gasteiger partial charge in [0.25, 0.3) is 0 Å². The van der Waals surface area contributed by atoms with Gasteiger partial charge >= 0.3 is 0 Å². The molecule has 1 aromatic carbocycles. The summed E-state index contributed by atoms with van der Waals surface area (Å²) < 4.78 is 0. The van der Waals surface area contributed by atoms with Crippen LogP contribution in [0.25, 0.3) is 0 Å². The summed E-state index contributed by atoms with van der Waals surface area (Å²) in [6, 6.07) is 8.58. The predicted octanol–water partition coefficient (Wildman–Crippen LogP) is 3.06. The molecular formula is C22H33N3O2S. The lowest BCUT2D eigenvalue weighted by atomic mass is 10.00. The number of likely N-dealkylation sites (tertiary alicyclic amines) is 1. The molecule has 2 amide bonds. The SMILES string of the molecule is CC(C)Cc1ccc([C@H](C)NC(=O)CN2CCC3(CC2)SCC(=O)N3C)cc1. The summed E-state index contributed by atoms with van der Waals surface area (Å²) in [4.78, 5) is 28.5. The van der Waals surface area contributed by atoms with Crippen LogP contribution in [-0.2, 0) is 16.0 Å². The van der Waals surface area contributed by atoms with Crippen molar-refractivity contribution in [1.29, 1.82) is 0 Å². The van der Waals surface area contributed by atoms with Crippen LogP contribution >= 0.6 is 11.8 Å². The van der Waals surface area contributed by atoms with Crippen molar-refractivity contribution in [2.24, 2.45) is 5.92 Å². The Morgan fingerprint density at radius 3 is 2.36 bits per heavy atom. The largest absolute Gasteiger partial charge is 0.348 e. The van der Waals surface area contributed by atoms with E-state index in [1.165, 1.54) is 5.56 Å². The Bertz CT molecular complexity index is 696. The van der Waals surface area contributed by atoms with Crippen LogP contribution < -0.4 is 5.32 Å². The zero-order chi connectivity index (χ0) is 20.3. The second-order valence-electron chi connectivity index (χ2n) is 8.59. The van der Waals surface area contributed by atoms with E-state index in [2.05, 4.69) is 48.3 Å². The van der Waals surface area contributed by atoms with Gasteiger partial charge in [-0.3, -0.25) is 14.5 Å². The highest BCUT2D eigenvalue weighted by molar-refractivity contribution is 8.01. The van der Waals surface area contributed by atoms with Crippen LogP contribution in [0.3, 0.4) is 0 Å². The standard InChI is InChI=1S/C22H33N3O2S/c1-16(2)13-18-5-7-19(8-6-18)17(3)23-20(26)14-25-11-9-22(10-12-25)24(4)21(27)15-28-22/h5-8,16-17H,9-15H2,1-4H3,(H,23,26)/t17-/m0/s1. The van der Waals surface area contributed by atoms with E-state index >= 15 is 0 Å². The number of piperidine rings is 1. The summed E-state index contributed by atoms with van der Waals surface area (Å²) in [5.41, 5.74) is 2.48. The first kappa shape index (κ1) is 21.2. The van der Waals surface area contributed by atoms with Crippen LogP contribution in [-0.4, -0.2) is 58.9 Å². The predicted molar refractivity (Wildman–Crippen MR) is 115 cm³/mol. The molecule has 5 nitrogen and oxygen atoms in total. The molecule has 0 bridgehead atoms. The van der Waals surface area contributed by atoms with Gasteiger partial charge in [0.2, 0.25) is 11.8 Å². The molecule has 2 aliphatic heterocycles. The Labute approximate surface area is 173 Å². The van der Waals surface area contributed by atoms with Crippen molar-refractivity contribution in [3.63, 3.8) is 0 Å². The van der Waals surface area contributed by atoms with Crippen LogP contribution in [0.15, 0.2) is 24.3 Å². The normalized spacial score (nSPS) is 20.8. The molecule has 0 radical (unpaired) electrons. The van der Waals surface area contributed by atoms with Crippen molar-refractivity contribution in [2.75, 3.05) is 32.4 Å². The van der Waals surface area contributed by atoms with Crippen molar-refractivity contribution in [3.05, 3.63) is 35.4 Å². The number of thioether (sulfide) groups is 1. The molecule has 0 unspecified atom stereocenters. The van der Waals surface area contributed by atoms with Gasteiger partial charge in [-0.05, 0) is 43.2 Å². The summed E-state index contributed by atoms with van der Waals surface area (Å²) in [5.74, 6) is 1.53. The van der Waals surface area contributed by atoms with E-state index in [1.54, 1.807) is 11.8 Å². The van der Waals surface area contributed by atoms with Gasteiger partial charge in [0.1, 0.15) is 0 Å². The molecule has 2 saturated heterocycles. The second-order valence-corrected chi connectivity index (χ2v) is 9.93. The lowest BCUT2D eigenvalue weighted by Gasteiger charge is -2.42. The number of hydrogen-bond donors (Lipinski definition) is 1. The van der Waals surface area contributed by atoms with Crippen molar-refractivity contribution in [3.8, 4) is 0 Å². The summed E-state index contributed by atoms with van der Waals surface area (Å²) in [7, 11) is 1.92. The number of amides is 2. The Hall–Kier alpha value is -1.53. The first-order chi connectivity index (χ1) is 13.3. The Morgan fingerprint density at radius 1 is 1.18 bits per heavy atom. The van der Waals surface area contributed by atoms with E-state index < -0.39 is 0 Å². The van der Waals surface area contributed by atoms with Crippen LogP contribution in [0.5, 0.6) is 0 Å². The zero-order valence-electron chi connectivity index (χ0n) is 17.5. The molecule has 154 valence electrons. The molecular weight excluding hydrogens is 370 g/mol. The maximum absolute atomic E-state index is 12.5. The molecule has 3 rings (SSSR count). The van der Waals surface area contributed by atoms with Crippen LogP contribution in [0, 0.1) is 5.92 Å². The van der Waals surface area contributed by atoms with Gasteiger partial charge in [-0.25, -0.2) is 0 Å². The van der Waals surface area contributed by atoms with Crippen molar-refractivity contribution in [1.82, 2.24) is 15.1 Å². The fourth-order valence-electron chi connectivity index (χ4n) is 4.14. The van der Waals surface area contributed by atoms with Gasteiger partial charge in [-0.15, -0.1) is 11.8 Å². The van der Waals surface area contributed by atoms with Crippen molar-refractivity contribution in [2.45, 2.75) is 50.9 Å². The minimum absolute atomic E-state index is 0.00544. The van der Waals surface area contributed by atoms with E-state index in [0.717, 1.165) is 37.9 Å². The number of benzene rings is 1. The monoisotopic (exact) mass is 403 g/mol. The van der Waals surface area contributed by atoms with E-state index in [4.69, 9.17) is 0 Å². The zero-order valence-corrected chi connectivity index (χ0v) is 18.3. The van der Waals surface area contributed by atoms with Gasteiger partial charge in [0.05, 0.1) is 23.2 Å². The number of carbonyl (C=O) groups is 2. The summed E-state index contributed by atoms with van der Waals surface area (Å²) in [6.45, 7) is 8.62. The third-order valence-electron chi connectivity index (χ3n) is 5.96. The van der Waals surface area contributed by atoms with Crippen molar-refractivity contribution >= 4 is 23.6 Å². The molecule has 0 aromatic heterocycles. The minimum atomic E-state index is -0.0465. The van der Waals surface area contributed by atoms with E-state index in [1.807, 2.05) is 18.9 Å². The molecule has 1 spiro atoms. The van der Waals surface area contributed by atoms with Crippen LogP contribution in [0.4, 0.5) is 0 Å². The van der Waals surface area contributed by atoms with E-state index in [9.17, 15) is 9.59 Å². The van der Waals surface area contributed by atoms with Gasteiger partial charge in [0.15, 0.2) is 0 Å². The molecule has 0 saturated carbocycles. The Kier molecular flexibility index (Phi) is 6.71. The van der Waals surface area contributed by atoms with Crippen LogP contribution in [0.1, 0.15) is 50.8 Å². The first-order valence-electron chi connectivity index (χ1n) is 10.3. The highest BCUT2D eigenvalue weighted by atomic mass is 32.2. The molecule has 1 aromatic rings. The number of nitrogens with zero attached hydrogens (tertiary/aromatic N) is 2. The smallest absolute Gasteiger partial charge is 0.234 e. The first-order valence-corrected chi connectivity index (χ1v) is 11.3. The fraction of sp³-hybridized carbons (Fsp3) is 0.636. The number of rotatable bonds is 6. The number of nitrogens with one attached hydrogen (secondary N) is 1. The van der Waals surface area contributed by atoms with Crippen molar-refractivity contribution < 1.29 is 9.59 Å². The van der Waals surface area contributed by atoms with Crippen LogP contribution in [0.2, 0.25) is 0 Å². The second kappa shape index (κ2) is 8.87. The van der Waals surface area contributed by atoms with E-state index in [0.29, 0.717) is 18.2 Å². The molecule has 2 heterocycles. The summed E-state index contributed by atoms with van der Waals surface area (Å²) >= 11 is 1.76. The molecule has 1 N–H and O–H groups in total. The average Bonchev–Trinajstić information content (AvgIpc) is 2.92. The molecule has 2 aliphatic rings. The Morgan fingerprint density at radius 2 is 1.82 bits per heavy atom. The molecule has 1 atom stereocenters. The third kappa shape index (κ3) is 4.90. The molecule has 6 heteroatoms. The van der Waals surface area contributed by atoms with E-state index in [-0.39, 0.29) is 22.7 Å². The highest BCUT2D eigenvalue weighted by Crippen LogP contribution is 2.43. The average molecular weight is 404 g/mol. The topological polar surface area (TPSA) is 52.7 Å². The Balaban J connectivity index is 1.46. The number of hydrogen-bond acceptors (Lipinski definition) is 4. The highest BCUT2D eigenvalue weighted by Gasteiger charge is 2.45. The fourth-order valence-corrected chi connectivity index (χ4v) is 5.50. The quantitative estimate of drug-likeness (QED) is 0.793. The lowest BCUT2D eigenvalue weighted by Crippen LogP contribution is -2.51. The van der Waals surface area contributed by atoms with Gasteiger partial charge < -0.3 is 10.2 Å². The molecule has 0 aliphatic carbocycles. The van der Waals surface area contributed by atoms with Gasteiger partial charge in [-0.2, -0.15) is 0 Å². The third-order valence-corrected chi connectivity index (χ3v) is 7.57. The number of carbonyl (C=O) groups excluding carboxylic acids is 2. The minimum Gasteiger partial charge on any atom is -0.348 e. The van der Waals surface area contributed by atoms with Gasteiger partial charge in [0, 0.05) is 20.1 Å². The van der Waals surface area contributed by atoms with Gasteiger partial charge in [-0.1, -0.05) is 38.1 Å². The lowest BCUT2D eigenvalue weighted by molar-refractivity contribution is -0.130. The molecule has 28 heavy (non-hydrogen) atoms. The maximum Gasteiger partial charge on any atom is 0.234 e.